The van der Waals surface area contributed by atoms with Gasteiger partial charge in [0.25, 0.3) is 5.91 Å². The molecule has 0 aliphatic heterocycles. The predicted molar refractivity (Wildman–Crippen MR) is 42.2 cm³/mol. The quantitative estimate of drug-likeness (QED) is 0.724. The largest absolute Gasteiger partial charge is 0.365 e. The molecule has 0 aliphatic rings. The molecule has 2 nitrogen and oxygen atoms in total. The summed E-state index contributed by atoms with van der Waals surface area (Å²) in [6, 6.07) is 1.35. The standard InChI is InChI=1S/C7H8FNOS/c1-2-4-3-5(8)6(11-4)7(9)10/h3H,2H2,1H3,(H2,9,10). The molecule has 1 aromatic heterocycles. The molecule has 4 heteroatoms. The van der Waals surface area contributed by atoms with Crippen LogP contribution >= 0.6 is 11.3 Å². The summed E-state index contributed by atoms with van der Waals surface area (Å²) in [6.45, 7) is 1.90. The Bertz CT molecular complexity index is 282. The summed E-state index contributed by atoms with van der Waals surface area (Å²) >= 11 is 1.12. The summed E-state index contributed by atoms with van der Waals surface area (Å²) in [6.07, 6.45) is 0.731. The van der Waals surface area contributed by atoms with Crippen molar-refractivity contribution in [3.63, 3.8) is 0 Å². The van der Waals surface area contributed by atoms with Crippen LogP contribution < -0.4 is 5.73 Å². The highest BCUT2D eigenvalue weighted by Gasteiger charge is 2.11. The molecule has 1 amide bonds. The third-order valence-corrected chi connectivity index (χ3v) is 2.58. The molecular formula is C7H8FNOS. The summed E-state index contributed by atoms with van der Waals surface area (Å²) in [5, 5.41) is 0. The SMILES string of the molecule is CCc1cc(F)c(C(N)=O)s1. The van der Waals surface area contributed by atoms with Crippen molar-refractivity contribution in [3.05, 3.63) is 21.6 Å². The molecule has 0 atom stereocenters. The Morgan fingerprint density at radius 3 is 2.73 bits per heavy atom. The van der Waals surface area contributed by atoms with E-state index in [1.807, 2.05) is 6.92 Å². The highest BCUT2D eigenvalue weighted by atomic mass is 32.1. The number of halogens is 1. The number of aryl methyl sites for hydroxylation is 1. The minimum absolute atomic E-state index is 0.0295. The molecule has 0 bridgehead atoms. The fraction of sp³-hybridized carbons (Fsp3) is 0.286. The molecule has 11 heavy (non-hydrogen) atoms. The van der Waals surface area contributed by atoms with Crippen LogP contribution in [0.5, 0.6) is 0 Å². The Kier molecular flexibility index (Phi) is 2.24. The fourth-order valence-electron chi connectivity index (χ4n) is 0.758. The van der Waals surface area contributed by atoms with Crippen LogP contribution in [0.15, 0.2) is 6.07 Å². The van der Waals surface area contributed by atoms with E-state index in [0.29, 0.717) is 0 Å². The number of hydrogen-bond donors (Lipinski definition) is 1. The molecule has 1 rings (SSSR count). The zero-order chi connectivity index (χ0) is 8.43. The average molecular weight is 173 g/mol. The molecule has 0 aromatic carbocycles. The first kappa shape index (κ1) is 8.20. The summed E-state index contributed by atoms with van der Waals surface area (Å²) in [5.41, 5.74) is 4.91. The van der Waals surface area contributed by atoms with E-state index in [4.69, 9.17) is 5.73 Å². The van der Waals surface area contributed by atoms with Gasteiger partial charge in [-0.1, -0.05) is 6.92 Å². The van der Waals surface area contributed by atoms with Crippen molar-refractivity contribution in [1.82, 2.24) is 0 Å². The zero-order valence-corrected chi connectivity index (χ0v) is 6.87. The first-order valence-electron chi connectivity index (χ1n) is 3.23. The molecule has 0 fully saturated rings. The van der Waals surface area contributed by atoms with Gasteiger partial charge in [-0.05, 0) is 12.5 Å². The Hall–Kier alpha value is -0.900. The van der Waals surface area contributed by atoms with E-state index in [9.17, 15) is 9.18 Å². The van der Waals surface area contributed by atoms with Gasteiger partial charge >= 0.3 is 0 Å². The molecule has 60 valence electrons. The van der Waals surface area contributed by atoms with Crippen molar-refractivity contribution < 1.29 is 9.18 Å². The number of rotatable bonds is 2. The van der Waals surface area contributed by atoms with E-state index in [-0.39, 0.29) is 4.88 Å². The molecule has 0 spiro atoms. The number of thiophene rings is 1. The molecule has 1 heterocycles. The summed E-state index contributed by atoms with van der Waals surface area (Å²) < 4.78 is 12.8. The van der Waals surface area contributed by atoms with Gasteiger partial charge in [-0.15, -0.1) is 11.3 Å². The van der Waals surface area contributed by atoms with Crippen LogP contribution in [0.1, 0.15) is 21.5 Å². The molecule has 0 radical (unpaired) electrons. The lowest BCUT2D eigenvalue weighted by Gasteiger charge is -1.85. The Morgan fingerprint density at radius 1 is 1.82 bits per heavy atom. The molecular weight excluding hydrogens is 165 g/mol. The van der Waals surface area contributed by atoms with Gasteiger partial charge in [-0.2, -0.15) is 0 Å². The lowest BCUT2D eigenvalue weighted by atomic mass is 10.3. The predicted octanol–water partition coefficient (Wildman–Crippen LogP) is 1.55. The van der Waals surface area contributed by atoms with Crippen molar-refractivity contribution in [2.45, 2.75) is 13.3 Å². The third-order valence-electron chi connectivity index (χ3n) is 1.31. The maximum absolute atomic E-state index is 12.8. The number of nitrogens with two attached hydrogens (primary N) is 1. The van der Waals surface area contributed by atoms with Crippen molar-refractivity contribution in [2.75, 3.05) is 0 Å². The van der Waals surface area contributed by atoms with Crippen LogP contribution in [-0.4, -0.2) is 5.91 Å². The zero-order valence-electron chi connectivity index (χ0n) is 6.06. The highest BCUT2D eigenvalue weighted by molar-refractivity contribution is 7.14. The molecule has 0 saturated carbocycles. The molecule has 0 aliphatic carbocycles. The first-order chi connectivity index (χ1) is 5.15. The Labute approximate surface area is 67.8 Å². The summed E-state index contributed by atoms with van der Waals surface area (Å²) in [7, 11) is 0. The van der Waals surface area contributed by atoms with Crippen molar-refractivity contribution >= 4 is 17.2 Å². The normalized spacial score (nSPS) is 10.0. The second kappa shape index (κ2) is 3.00. The van der Waals surface area contributed by atoms with Crippen molar-refractivity contribution in [2.24, 2.45) is 5.73 Å². The van der Waals surface area contributed by atoms with Crippen LogP contribution in [0.2, 0.25) is 0 Å². The van der Waals surface area contributed by atoms with Gasteiger partial charge in [-0.25, -0.2) is 4.39 Å². The van der Waals surface area contributed by atoms with Crippen molar-refractivity contribution in [1.29, 1.82) is 0 Å². The average Bonchev–Trinajstić information content (AvgIpc) is 2.30. The van der Waals surface area contributed by atoms with E-state index in [1.165, 1.54) is 6.07 Å². The number of hydrogen-bond acceptors (Lipinski definition) is 2. The van der Waals surface area contributed by atoms with Gasteiger partial charge in [0.05, 0.1) is 0 Å². The van der Waals surface area contributed by atoms with Gasteiger partial charge in [0.15, 0.2) is 0 Å². The van der Waals surface area contributed by atoms with Gasteiger partial charge in [0, 0.05) is 4.88 Å². The molecule has 0 unspecified atom stereocenters. The number of carbonyl (C=O) groups excluding carboxylic acids is 1. The van der Waals surface area contributed by atoms with E-state index in [0.717, 1.165) is 22.6 Å². The van der Waals surface area contributed by atoms with E-state index in [1.54, 1.807) is 0 Å². The van der Waals surface area contributed by atoms with Crippen LogP contribution in [0, 0.1) is 5.82 Å². The molecule has 2 N–H and O–H groups in total. The Balaban J connectivity index is 3.07. The summed E-state index contributed by atoms with van der Waals surface area (Å²) in [4.78, 5) is 11.4. The number of amides is 1. The Morgan fingerprint density at radius 2 is 2.45 bits per heavy atom. The van der Waals surface area contributed by atoms with E-state index < -0.39 is 11.7 Å². The van der Waals surface area contributed by atoms with Gasteiger partial charge in [0.2, 0.25) is 0 Å². The van der Waals surface area contributed by atoms with Crippen LogP contribution in [0.4, 0.5) is 4.39 Å². The second-order valence-electron chi connectivity index (χ2n) is 2.11. The first-order valence-corrected chi connectivity index (χ1v) is 4.04. The van der Waals surface area contributed by atoms with E-state index >= 15 is 0 Å². The monoisotopic (exact) mass is 173 g/mol. The highest BCUT2D eigenvalue weighted by Crippen LogP contribution is 2.20. The van der Waals surface area contributed by atoms with Crippen LogP contribution in [-0.2, 0) is 6.42 Å². The maximum Gasteiger partial charge on any atom is 0.261 e. The molecule has 1 aromatic rings. The summed E-state index contributed by atoms with van der Waals surface area (Å²) in [5.74, 6) is -1.19. The second-order valence-corrected chi connectivity index (χ2v) is 3.24. The smallest absolute Gasteiger partial charge is 0.261 e. The van der Waals surface area contributed by atoms with Gasteiger partial charge in [-0.3, -0.25) is 4.79 Å². The number of primary amides is 1. The minimum atomic E-state index is -0.688. The lowest BCUT2D eigenvalue weighted by Crippen LogP contribution is -2.10. The van der Waals surface area contributed by atoms with E-state index in [2.05, 4.69) is 0 Å². The van der Waals surface area contributed by atoms with Crippen LogP contribution in [0.3, 0.4) is 0 Å². The topological polar surface area (TPSA) is 43.1 Å². The fourth-order valence-corrected chi connectivity index (χ4v) is 1.58. The molecule has 0 saturated heterocycles. The lowest BCUT2D eigenvalue weighted by molar-refractivity contribution is 0.100. The maximum atomic E-state index is 12.8. The van der Waals surface area contributed by atoms with Crippen LogP contribution in [0.25, 0.3) is 0 Å². The van der Waals surface area contributed by atoms with Crippen molar-refractivity contribution in [3.8, 4) is 0 Å². The minimum Gasteiger partial charge on any atom is -0.365 e. The van der Waals surface area contributed by atoms with Gasteiger partial charge < -0.3 is 5.73 Å². The number of carbonyl (C=O) groups is 1. The van der Waals surface area contributed by atoms with Gasteiger partial charge in [0.1, 0.15) is 10.7 Å². The third kappa shape index (κ3) is 1.57.